The topological polar surface area (TPSA) is 31.6 Å². The zero-order valence-electron chi connectivity index (χ0n) is 52.9. The quantitative estimate of drug-likeness (QED) is 0.161. The standard InChI is InChI=1S/C78H82BN3O2/c1-73(2,3)47-25-33-53(34-26-47)80(54-35-27-48(28-36-54)74(4,5)6)64-23-19-21-56-57-22-20-24-65(82-62-37-29-49(75(7,8)9)41-58(62)59-42-50(76(10,11)12)30-38-63(59)82)72(57)81(71(56)64)55-45-68-70-69(46-55)84-67-40-32-52(78(16,17)18)44-61(67)79(70)60-43-51(77(13,14)15)31-39-66(60)83-68/h19-46H,1-18H3. The normalized spacial score (nSPS) is 13.8. The summed E-state index contributed by atoms with van der Waals surface area (Å²) in [5.41, 5.74) is 20.6. The molecule has 0 aliphatic carbocycles. The van der Waals surface area contributed by atoms with Crippen molar-refractivity contribution in [2.24, 2.45) is 0 Å². The van der Waals surface area contributed by atoms with Crippen LogP contribution in [0.4, 0.5) is 17.1 Å². The second-order valence-corrected chi connectivity index (χ2v) is 30.4. The number of para-hydroxylation sites is 2. The van der Waals surface area contributed by atoms with E-state index in [-0.39, 0.29) is 39.2 Å². The number of fused-ring (bicyclic) bond motifs is 10. The molecule has 0 saturated heterocycles. The molecule has 0 fully saturated rings. The molecule has 0 atom stereocenters. The molecular weight excluding hydrogens is 1020 g/mol. The molecule has 0 radical (unpaired) electrons. The summed E-state index contributed by atoms with van der Waals surface area (Å²) in [6.45, 7) is 41.3. The van der Waals surface area contributed by atoms with Gasteiger partial charge in [0.15, 0.2) is 0 Å². The van der Waals surface area contributed by atoms with E-state index in [1.165, 1.54) is 66.1 Å². The van der Waals surface area contributed by atoms with Crippen molar-refractivity contribution in [2.75, 3.05) is 4.90 Å². The van der Waals surface area contributed by atoms with E-state index in [4.69, 9.17) is 9.47 Å². The molecule has 0 unspecified atom stereocenters. The van der Waals surface area contributed by atoms with Gasteiger partial charge >= 0.3 is 0 Å². The summed E-state index contributed by atoms with van der Waals surface area (Å²) in [5, 5.41) is 4.79. The molecule has 0 N–H and O–H groups in total. The first-order valence-corrected chi connectivity index (χ1v) is 30.4. The molecule has 0 saturated carbocycles. The molecule has 84 heavy (non-hydrogen) atoms. The maximum atomic E-state index is 7.35. The van der Waals surface area contributed by atoms with Crippen molar-refractivity contribution >= 4 is 83.8 Å². The summed E-state index contributed by atoms with van der Waals surface area (Å²) in [5.74, 6) is 3.35. The fourth-order valence-electron chi connectivity index (χ4n) is 13.1. The van der Waals surface area contributed by atoms with Crippen LogP contribution in [0.5, 0.6) is 23.0 Å². The first-order chi connectivity index (χ1) is 39.4. The van der Waals surface area contributed by atoms with Crippen molar-refractivity contribution in [1.29, 1.82) is 0 Å². The predicted octanol–water partition coefficient (Wildman–Crippen LogP) is 19.9. The van der Waals surface area contributed by atoms with Gasteiger partial charge in [0.05, 0.1) is 39.1 Å². The number of hydrogen-bond donors (Lipinski definition) is 0. The van der Waals surface area contributed by atoms with Gasteiger partial charge < -0.3 is 23.5 Å². The zero-order valence-corrected chi connectivity index (χ0v) is 52.9. The van der Waals surface area contributed by atoms with Crippen LogP contribution in [0.2, 0.25) is 0 Å². The van der Waals surface area contributed by atoms with Crippen LogP contribution >= 0.6 is 0 Å². The molecule has 0 amide bonds. The Kier molecular flexibility index (Phi) is 12.3. The second kappa shape index (κ2) is 18.8. The van der Waals surface area contributed by atoms with Gasteiger partial charge in [-0.3, -0.25) is 0 Å². The Morgan fingerprint density at radius 3 is 1.14 bits per heavy atom. The third kappa shape index (κ3) is 9.13. The van der Waals surface area contributed by atoms with Gasteiger partial charge in [0.25, 0.3) is 6.71 Å². The number of ether oxygens (including phenoxy) is 2. The lowest BCUT2D eigenvalue weighted by Crippen LogP contribution is -2.57. The van der Waals surface area contributed by atoms with Gasteiger partial charge in [0.2, 0.25) is 0 Å². The van der Waals surface area contributed by atoms with E-state index in [1.54, 1.807) is 0 Å². The van der Waals surface area contributed by atoms with Crippen LogP contribution in [0.1, 0.15) is 158 Å². The van der Waals surface area contributed by atoms with Crippen LogP contribution in [0, 0.1) is 0 Å². The summed E-state index contributed by atoms with van der Waals surface area (Å²) in [6, 6.07) is 64.9. The Balaban J connectivity index is 1.16. The molecule has 5 nitrogen and oxygen atoms in total. The number of aromatic nitrogens is 2. The molecular formula is C78H82BN3O2. The highest BCUT2D eigenvalue weighted by Gasteiger charge is 2.42. The Labute approximate surface area is 499 Å². The van der Waals surface area contributed by atoms with E-state index in [1.807, 2.05) is 0 Å². The van der Waals surface area contributed by atoms with Crippen molar-refractivity contribution in [3.8, 4) is 34.4 Å². The summed E-state index contributed by atoms with van der Waals surface area (Å²) in [6.07, 6.45) is 0. The van der Waals surface area contributed by atoms with Gasteiger partial charge in [-0.2, -0.15) is 0 Å². The highest BCUT2D eigenvalue weighted by Crippen LogP contribution is 2.49. The highest BCUT2D eigenvalue weighted by atomic mass is 16.5. The van der Waals surface area contributed by atoms with E-state index in [2.05, 4.69) is 309 Å². The number of hydrogen-bond acceptors (Lipinski definition) is 3. The number of anilines is 3. The lowest BCUT2D eigenvalue weighted by Gasteiger charge is -2.35. The SMILES string of the molecule is CC(C)(C)c1ccc(N(c2ccc(C(C)(C)C)cc2)c2cccc3c4cccc(-n5c6ccc(C(C)(C)C)cc6c6cc(C(C)(C)C)ccc65)c4n(-c4cc5c6c(c4)Oc4ccc(C(C)(C)C)cc4B6c4cc(C(C)(C)C)ccc4O5)c23)cc1. The lowest BCUT2D eigenvalue weighted by molar-refractivity contribution is 0.463. The minimum absolute atomic E-state index is 0.0172. The summed E-state index contributed by atoms with van der Waals surface area (Å²) >= 11 is 0. The Morgan fingerprint density at radius 2 is 0.714 bits per heavy atom. The minimum atomic E-state index is -0.110. The molecule has 2 aliphatic heterocycles. The largest absolute Gasteiger partial charge is 0.458 e. The Hall–Kier alpha value is -7.96. The number of nitrogens with zero attached hydrogens (tertiary/aromatic N) is 3. The summed E-state index contributed by atoms with van der Waals surface area (Å²) < 4.78 is 19.8. The zero-order chi connectivity index (χ0) is 59.5. The Morgan fingerprint density at radius 1 is 0.333 bits per heavy atom. The van der Waals surface area contributed by atoms with E-state index >= 15 is 0 Å². The third-order valence-electron chi connectivity index (χ3n) is 18.2. The number of benzene rings is 9. The van der Waals surface area contributed by atoms with Crippen LogP contribution in [0.15, 0.2) is 170 Å². The van der Waals surface area contributed by atoms with Crippen LogP contribution in [-0.2, 0) is 32.5 Å². The van der Waals surface area contributed by atoms with Gasteiger partial charge in [-0.1, -0.05) is 210 Å². The van der Waals surface area contributed by atoms with Crippen molar-refractivity contribution in [1.82, 2.24) is 9.13 Å². The van der Waals surface area contributed by atoms with Crippen LogP contribution < -0.4 is 30.8 Å². The van der Waals surface area contributed by atoms with Crippen molar-refractivity contribution in [2.45, 2.75) is 157 Å². The van der Waals surface area contributed by atoms with Gasteiger partial charge in [-0.05, 0) is 150 Å². The molecule has 11 aromatic rings. The maximum absolute atomic E-state index is 7.35. The van der Waals surface area contributed by atoms with Gasteiger partial charge in [0.1, 0.15) is 23.0 Å². The van der Waals surface area contributed by atoms with E-state index in [0.29, 0.717) is 0 Å². The first kappa shape index (κ1) is 55.2. The van der Waals surface area contributed by atoms with Crippen molar-refractivity contribution < 1.29 is 9.47 Å². The van der Waals surface area contributed by atoms with Crippen LogP contribution in [0.25, 0.3) is 55.0 Å². The molecule has 4 heterocycles. The molecule has 2 aliphatic rings. The minimum Gasteiger partial charge on any atom is -0.458 e. The molecule has 9 aromatic carbocycles. The summed E-state index contributed by atoms with van der Waals surface area (Å²) in [7, 11) is 0. The molecule has 2 aromatic heterocycles. The lowest BCUT2D eigenvalue weighted by atomic mass is 9.34. The average molecular weight is 1100 g/mol. The molecule has 0 spiro atoms. The molecule has 6 heteroatoms. The first-order valence-electron chi connectivity index (χ1n) is 30.4. The van der Waals surface area contributed by atoms with E-state index in [9.17, 15) is 0 Å². The maximum Gasteiger partial charge on any atom is 0.260 e. The van der Waals surface area contributed by atoms with Gasteiger partial charge in [-0.25, -0.2) is 0 Å². The van der Waals surface area contributed by atoms with Crippen LogP contribution in [0.3, 0.4) is 0 Å². The average Bonchev–Trinajstić information content (AvgIpc) is 1.52. The molecule has 0 bridgehead atoms. The monoisotopic (exact) mass is 1100 g/mol. The van der Waals surface area contributed by atoms with E-state index < -0.39 is 0 Å². The summed E-state index contributed by atoms with van der Waals surface area (Å²) in [4.78, 5) is 2.47. The smallest absolute Gasteiger partial charge is 0.260 e. The van der Waals surface area contributed by atoms with Crippen molar-refractivity contribution in [3.63, 3.8) is 0 Å². The third-order valence-corrected chi connectivity index (χ3v) is 18.2. The van der Waals surface area contributed by atoms with Crippen molar-refractivity contribution in [3.05, 3.63) is 203 Å². The second-order valence-electron chi connectivity index (χ2n) is 30.4. The van der Waals surface area contributed by atoms with E-state index in [0.717, 1.165) is 78.7 Å². The fraction of sp³-hybridized carbons (Fsp3) is 0.308. The number of rotatable bonds is 5. The highest BCUT2D eigenvalue weighted by molar-refractivity contribution is 6.98. The van der Waals surface area contributed by atoms with Crippen LogP contribution in [-0.4, -0.2) is 15.8 Å². The fourth-order valence-corrected chi connectivity index (χ4v) is 13.1. The van der Waals surface area contributed by atoms with Gasteiger partial charge in [0, 0.05) is 50.5 Å². The van der Waals surface area contributed by atoms with Gasteiger partial charge in [-0.15, -0.1) is 0 Å². The Bertz CT molecular complexity index is 4250. The molecule has 424 valence electrons. The molecule has 13 rings (SSSR count). The predicted molar refractivity (Wildman–Crippen MR) is 360 cm³/mol.